The second-order valence-corrected chi connectivity index (χ2v) is 7.57. The van der Waals surface area contributed by atoms with Gasteiger partial charge in [0.15, 0.2) is 0 Å². The number of rotatable bonds is 7. The van der Waals surface area contributed by atoms with Gasteiger partial charge in [-0.15, -0.1) is 11.3 Å². The van der Waals surface area contributed by atoms with Crippen molar-refractivity contribution in [2.75, 3.05) is 6.54 Å². The first-order valence-electron chi connectivity index (χ1n) is 7.34. The average Bonchev–Trinajstić information content (AvgIpc) is 2.87. The molecule has 0 amide bonds. The van der Waals surface area contributed by atoms with Gasteiger partial charge >= 0.3 is 0 Å². The second-order valence-electron chi connectivity index (χ2n) is 5.28. The van der Waals surface area contributed by atoms with Gasteiger partial charge in [-0.3, -0.25) is 0 Å². The summed E-state index contributed by atoms with van der Waals surface area (Å²) < 4.78 is 7.14. The molecule has 1 heterocycles. The van der Waals surface area contributed by atoms with Crippen LogP contribution in [0.1, 0.15) is 44.4 Å². The minimum atomic E-state index is 0.169. The van der Waals surface area contributed by atoms with Crippen molar-refractivity contribution in [1.82, 2.24) is 5.32 Å². The summed E-state index contributed by atoms with van der Waals surface area (Å²) in [5.74, 6) is 0.962. The van der Waals surface area contributed by atoms with Gasteiger partial charge in [-0.1, -0.05) is 25.1 Å². The van der Waals surface area contributed by atoms with Crippen molar-refractivity contribution < 1.29 is 4.74 Å². The van der Waals surface area contributed by atoms with E-state index in [2.05, 4.69) is 71.7 Å². The largest absolute Gasteiger partial charge is 0.491 e. The summed E-state index contributed by atoms with van der Waals surface area (Å²) in [6, 6.07) is 10.7. The van der Waals surface area contributed by atoms with Gasteiger partial charge in [-0.05, 0) is 65.8 Å². The summed E-state index contributed by atoms with van der Waals surface area (Å²) in [6.07, 6.45) is 1.28. The minimum absolute atomic E-state index is 0.169. The SMILES string of the molecule is CCCNC(c1csc(Br)c1)c1ccccc1OC(C)C. The summed E-state index contributed by atoms with van der Waals surface area (Å²) in [6.45, 7) is 7.29. The Bertz CT molecular complexity index is 567. The Balaban J connectivity index is 2.36. The first-order chi connectivity index (χ1) is 10.1. The van der Waals surface area contributed by atoms with E-state index in [0.29, 0.717) is 0 Å². The van der Waals surface area contributed by atoms with Crippen LogP contribution in [0.3, 0.4) is 0 Å². The Labute approximate surface area is 139 Å². The van der Waals surface area contributed by atoms with Gasteiger partial charge in [0.25, 0.3) is 0 Å². The maximum absolute atomic E-state index is 5.99. The molecular formula is C17H22BrNOS. The Morgan fingerprint density at radius 3 is 2.67 bits per heavy atom. The number of benzene rings is 1. The fourth-order valence-electron chi connectivity index (χ4n) is 2.25. The lowest BCUT2D eigenvalue weighted by atomic mass is 10.00. The first kappa shape index (κ1) is 16.5. The highest BCUT2D eigenvalue weighted by molar-refractivity contribution is 9.11. The van der Waals surface area contributed by atoms with Crippen LogP contribution in [-0.2, 0) is 0 Å². The number of nitrogens with one attached hydrogen (secondary N) is 1. The molecule has 0 aliphatic rings. The number of hydrogen-bond donors (Lipinski definition) is 1. The summed E-state index contributed by atoms with van der Waals surface area (Å²) in [5.41, 5.74) is 2.48. The lowest BCUT2D eigenvalue weighted by molar-refractivity contribution is 0.238. The highest BCUT2D eigenvalue weighted by Gasteiger charge is 2.19. The van der Waals surface area contributed by atoms with Crippen LogP contribution in [-0.4, -0.2) is 12.6 Å². The lowest BCUT2D eigenvalue weighted by Crippen LogP contribution is -2.24. The van der Waals surface area contributed by atoms with E-state index < -0.39 is 0 Å². The molecule has 1 aromatic heterocycles. The molecule has 4 heteroatoms. The summed E-state index contributed by atoms with van der Waals surface area (Å²) in [7, 11) is 0. The molecular weight excluding hydrogens is 346 g/mol. The van der Waals surface area contributed by atoms with Crippen molar-refractivity contribution in [3.63, 3.8) is 0 Å². The van der Waals surface area contributed by atoms with Gasteiger partial charge in [0.1, 0.15) is 5.75 Å². The number of hydrogen-bond acceptors (Lipinski definition) is 3. The molecule has 1 atom stereocenters. The Hall–Kier alpha value is -0.840. The zero-order valence-corrected chi connectivity index (χ0v) is 15.1. The smallest absolute Gasteiger partial charge is 0.124 e. The van der Waals surface area contributed by atoms with Crippen molar-refractivity contribution >= 4 is 27.3 Å². The lowest BCUT2D eigenvalue weighted by Gasteiger charge is -2.22. The topological polar surface area (TPSA) is 21.3 Å². The molecule has 0 fully saturated rings. The van der Waals surface area contributed by atoms with Crippen LogP contribution in [0.25, 0.3) is 0 Å². The van der Waals surface area contributed by atoms with Crippen LogP contribution in [0, 0.1) is 0 Å². The zero-order chi connectivity index (χ0) is 15.2. The monoisotopic (exact) mass is 367 g/mol. The van der Waals surface area contributed by atoms with Crippen molar-refractivity contribution in [1.29, 1.82) is 0 Å². The molecule has 0 saturated carbocycles. The van der Waals surface area contributed by atoms with E-state index in [1.54, 1.807) is 11.3 Å². The van der Waals surface area contributed by atoms with E-state index in [4.69, 9.17) is 4.74 Å². The third kappa shape index (κ3) is 4.56. The van der Waals surface area contributed by atoms with Gasteiger partial charge in [0.05, 0.1) is 15.9 Å². The predicted molar refractivity (Wildman–Crippen MR) is 94.4 cm³/mol. The van der Waals surface area contributed by atoms with Crippen LogP contribution in [0.2, 0.25) is 0 Å². The van der Waals surface area contributed by atoms with Crippen molar-refractivity contribution in [2.45, 2.75) is 39.3 Å². The third-order valence-corrected chi connectivity index (χ3v) is 4.63. The van der Waals surface area contributed by atoms with Crippen LogP contribution in [0.15, 0.2) is 39.5 Å². The molecule has 2 rings (SSSR count). The van der Waals surface area contributed by atoms with Crippen LogP contribution < -0.4 is 10.1 Å². The van der Waals surface area contributed by atoms with Crippen LogP contribution in [0.4, 0.5) is 0 Å². The molecule has 1 N–H and O–H groups in total. The van der Waals surface area contributed by atoms with E-state index >= 15 is 0 Å². The molecule has 0 spiro atoms. The summed E-state index contributed by atoms with van der Waals surface area (Å²) >= 11 is 5.28. The molecule has 0 aliphatic heterocycles. The molecule has 1 unspecified atom stereocenters. The zero-order valence-electron chi connectivity index (χ0n) is 12.7. The quantitative estimate of drug-likeness (QED) is 0.708. The molecule has 0 aliphatic carbocycles. The Morgan fingerprint density at radius 2 is 2.05 bits per heavy atom. The molecule has 21 heavy (non-hydrogen) atoms. The van der Waals surface area contributed by atoms with Crippen molar-refractivity contribution in [3.05, 3.63) is 50.6 Å². The molecule has 0 radical (unpaired) electrons. The Kier molecular flexibility index (Phi) is 6.27. The van der Waals surface area contributed by atoms with Gasteiger partial charge in [-0.2, -0.15) is 0 Å². The van der Waals surface area contributed by atoms with E-state index in [1.807, 2.05) is 6.07 Å². The number of para-hydroxylation sites is 1. The highest BCUT2D eigenvalue weighted by Crippen LogP contribution is 2.34. The van der Waals surface area contributed by atoms with Gasteiger partial charge in [-0.25, -0.2) is 0 Å². The number of thiophene rings is 1. The summed E-state index contributed by atoms with van der Waals surface area (Å²) in [4.78, 5) is 0. The maximum atomic E-state index is 5.99. The van der Waals surface area contributed by atoms with E-state index in [9.17, 15) is 0 Å². The molecule has 1 aromatic carbocycles. The van der Waals surface area contributed by atoms with Crippen LogP contribution in [0.5, 0.6) is 5.75 Å². The summed E-state index contributed by atoms with van der Waals surface area (Å²) in [5, 5.41) is 5.83. The van der Waals surface area contributed by atoms with Gasteiger partial charge in [0.2, 0.25) is 0 Å². The maximum Gasteiger partial charge on any atom is 0.124 e. The normalized spacial score (nSPS) is 12.6. The second kappa shape index (κ2) is 7.97. The van der Waals surface area contributed by atoms with Gasteiger partial charge < -0.3 is 10.1 Å². The molecule has 2 nitrogen and oxygen atoms in total. The fourth-order valence-corrected chi connectivity index (χ4v) is 3.45. The van der Waals surface area contributed by atoms with Crippen molar-refractivity contribution in [3.8, 4) is 5.75 Å². The molecule has 114 valence electrons. The van der Waals surface area contributed by atoms with E-state index in [-0.39, 0.29) is 12.1 Å². The molecule has 2 aromatic rings. The van der Waals surface area contributed by atoms with E-state index in [0.717, 1.165) is 22.5 Å². The molecule has 0 bridgehead atoms. The minimum Gasteiger partial charge on any atom is -0.491 e. The fraction of sp³-hybridized carbons (Fsp3) is 0.412. The number of ether oxygens (including phenoxy) is 1. The van der Waals surface area contributed by atoms with E-state index in [1.165, 1.54) is 11.1 Å². The predicted octanol–water partition coefficient (Wildman–Crippen LogP) is 5.39. The van der Waals surface area contributed by atoms with Crippen LogP contribution >= 0.6 is 27.3 Å². The average molecular weight is 368 g/mol. The van der Waals surface area contributed by atoms with Crippen molar-refractivity contribution in [2.24, 2.45) is 0 Å². The Morgan fingerprint density at radius 1 is 1.29 bits per heavy atom. The highest BCUT2D eigenvalue weighted by atomic mass is 79.9. The van der Waals surface area contributed by atoms with Gasteiger partial charge in [0, 0.05) is 5.56 Å². The number of halogens is 1. The standard InChI is InChI=1S/C17H22BrNOS/c1-4-9-19-17(13-10-16(18)21-11-13)14-7-5-6-8-15(14)20-12(2)3/h5-8,10-12,17,19H,4,9H2,1-3H3. The first-order valence-corrected chi connectivity index (χ1v) is 9.02. The molecule has 0 saturated heterocycles. The third-order valence-electron chi connectivity index (χ3n) is 3.11.